The Hall–Kier alpha value is -3.80. The lowest BCUT2D eigenvalue weighted by atomic mass is 9.93. The summed E-state index contributed by atoms with van der Waals surface area (Å²) in [5.74, 6) is -1.50. The molecule has 6 nitrogen and oxygen atoms in total. The van der Waals surface area contributed by atoms with Crippen LogP contribution < -0.4 is 0 Å². The molecule has 0 saturated carbocycles. The minimum absolute atomic E-state index is 0.0868. The highest BCUT2D eigenvalue weighted by Crippen LogP contribution is 2.40. The van der Waals surface area contributed by atoms with Crippen LogP contribution in [0, 0.1) is 13.8 Å². The number of hydrogen-bond acceptors (Lipinski definition) is 5. The van der Waals surface area contributed by atoms with Gasteiger partial charge in [0.15, 0.2) is 0 Å². The van der Waals surface area contributed by atoms with Gasteiger partial charge in [0.25, 0.3) is 11.7 Å². The highest BCUT2D eigenvalue weighted by atomic mass is 16.3. The molecular weight excluding hydrogens is 378 g/mol. The fraction of sp³-hybridized carbons (Fsp3) is 0.167. The maximum atomic E-state index is 13.1. The third-order valence-electron chi connectivity index (χ3n) is 5.29. The second kappa shape index (κ2) is 7.91. The molecule has 1 fully saturated rings. The van der Waals surface area contributed by atoms with Gasteiger partial charge in [-0.25, -0.2) is 0 Å². The number of likely N-dealkylation sites (tertiary alicyclic amines) is 1. The number of nitrogens with zero attached hydrogens (tertiary/aromatic N) is 3. The molecule has 3 heterocycles. The fourth-order valence-electron chi connectivity index (χ4n) is 3.76. The van der Waals surface area contributed by atoms with Crippen LogP contribution in [0.3, 0.4) is 0 Å². The summed E-state index contributed by atoms with van der Waals surface area (Å²) in [4.78, 5) is 35.7. The van der Waals surface area contributed by atoms with Crippen molar-refractivity contribution >= 4 is 17.4 Å². The number of carbonyl (C=O) groups excluding carboxylic acids is 2. The predicted octanol–water partition coefficient (Wildman–Crippen LogP) is 3.72. The highest BCUT2D eigenvalue weighted by molar-refractivity contribution is 6.46. The molecule has 1 aromatic carbocycles. The van der Waals surface area contributed by atoms with Crippen molar-refractivity contribution in [2.45, 2.75) is 26.4 Å². The van der Waals surface area contributed by atoms with E-state index >= 15 is 0 Å². The monoisotopic (exact) mass is 399 g/mol. The number of aliphatic hydroxyl groups excluding tert-OH is 1. The standard InChI is InChI=1S/C24H21N3O3/c1-15-5-6-16(2)19(12-15)22(28)20-21(18-7-10-25-11-8-18)27(24(30)23(20)29)14-17-4-3-9-26-13-17/h3-13,21,28H,14H2,1-2H3/t21-/m1/s1. The first-order valence-electron chi connectivity index (χ1n) is 9.62. The lowest BCUT2D eigenvalue weighted by Crippen LogP contribution is -2.29. The average Bonchev–Trinajstić information content (AvgIpc) is 3.01. The van der Waals surface area contributed by atoms with Gasteiger partial charge < -0.3 is 10.0 Å². The van der Waals surface area contributed by atoms with Crippen LogP contribution in [0.4, 0.5) is 0 Å². The molecule has 150 valence electrons. The Morgan fingerprint density at radius 1 is 1.03 bits per heavy atom. The van der Waals surface area contributed by atoms with Crippen molar-refractivity contribution < 1.29 is 14.7 Å². The predicted molar refractivity (Wildman–Crippen MR) is 112 cm³/mol. The van der Waals surface area contributed by atoms with E-state index in [1.165, 1.54) is 4.90 Å². The van der Waals surface area contributed by atoms with Crippen molar-refractivity contribution in [3.8, 4) is 0 Å². The molecule has 0 bridgehead atoms. The topological polar surface area (TPSA) is 83.4 Å². The largest absolute Gasteiger partial charge is 0.507 e. The van der Waals surface area contributed by atoms with Crippen LogP contribution in [0.5, 0.6) is 0 Å². The van der Waals surface area contributed by atoms with Gasteiger partial charge in [-0.2, -0.15) is 0 Å². The third-order valence-corrected chi connectivity index (χ3v) is 5.29. The zero-order valence-corrected chi connectivity index (χ0v) is 16.7. The first-order chi connectivity index (χ1) is 14.5. The Morgan fingerprint density at radius 3 is 2.50 bits per heavy atom. The van der Waals surface area contributed by atoms with Crippen LogP contribution in [-0.2, 0) is 16.1 Å². The number of pyridine rings is 2. The van der Waals surface area contributed by atoms with E-state index < -0.39 is 17.7 Å². The maximum Gasteiger partial charge on any atom is 0.295 e. The lowest BCUT2D eigenvalue weighted by Gasteiger charge is -2.25. The molecule has 0 radical (unpaired) electrons. The van der Waals surface area contributed by atoms with Gasteiger partial charge in [-0.3, -0.25) is 19.6 Å². The number of Topliss-reactive ketones (excluding diaryl/α,β-unsaturated/α-hetero) is 1. The molecule has 6 heteroatoms. The van der Waals surface area contributed by atoms with Crippen LogP contribution in [0.15, 0.2) is 72.8 Å². The first-order valence-corrected chi connectivity index (χ1v) is 9.62. The summed E-state index contributed by atoms with van der Waals surface area (Å²) < 4.78 is 0. The lowest BCUT2D eigenvalue weighted by molar-refractivity contribution is -0.140. The number of ketones is 1. The molecule has 1 amide bonds. The summed E-state index contributed by atoms with van der Waals surface area (Å²) in [6.45, 7) is 3.98. The molecule has 0 unspecified atom stereocenters. The molecule has 1 atom stereocenters. The molecule has 2 aromatic heterocycles. The molecule has 30 heavy (non-hydrogen) atoms. The quantitative estimate of drug-likeness (QED) is 0.411. The number of hydrogen-bond donors (Lipinski definition) is 1. The molecule has 0 aliphatic carbocycles. The Morgan fingerprint density at radius 2 is 1.80 bits per heavy atom. The van der Waals surface area contributed by atoms with Gasteiger partial charge in [-0.1, -0.05) is 23.8 Å². The van der Waals surface area contributed by atoms with Gasteiger partial charge in [0.1, 0.15) is 5.76 Å². The van der Waals surface area contributed by atoms with Crippen LogP contribution in [0.2, 0.25) is 0 Å². The number of aryl methyl sites for hydroxylation is 2. The molecule has 4 rings (SSSR count). The second-order valence-electron chi connectivity index (χ2n) is 7.39. The van der Waals surface area contributed by atoms with E-state index in [2.05, 4.69) is 9.97 Å². The number of benzene rings is 1. The first kappa shape index (κ1) is 19.5. The Balaban J connectivity index is 1.89. The summed E-state index contributed by atoms with van der Waals surface area (Å²) in [7, 11) is 0. The van der Waals surface area contributed by atoms with Crippen molar-refractivity contribution in [3.05, 3.63) is 101 Å². The van der Waals surface area contributed by atoms with Gasteiger partial charge in [-0.15, -0.1) is 0 Å². The van der Waals surface area contributed by atoms with E-state index in [9.17, 15) is 14.7 Å². The number of amides is 1. The summed E-state index contributed by atoms with van der Waals surface area (Å²) in [5.41, 5.74) is 3.92. The minimum atomic E-state index is -0.715. The summed E-state index contributed by atoms with van der Waals surface area (Å²) in [5, 5.41) is 11.2. The van der Waals surface area contributed by atoms with Crippen LogP contribution in [0.25, 0.3) is 5.76 Å². The molecule has 1 saturated heterocycles. The van der Waals surface area contributed by atoms with Crippen molar-refractivity contribution in [3.63, 3.8) is 0 Å². The molecule has 1 N–H and O–H groups in total. The second-order valence-corrected chi connectivity index (χ2v) is 7.39. The van der Waals surface area contributed by atoms with Crippen LogP contribution in [-0.4, -0.2) is 31.7 Å². The van der Waals surface area contributed by atoms with Crippen LogP contribution >= 0.6 is 0 Å². The zero-order chi connectivity index (χ0) is 21.3. The van der Waals surface area contributed by atoms with Gasteiger partial charge in [-0.05, 0) is 54.8 Å². The normalized spacial score (nSPS) is 18.1. The SMILES string of the molecule is Cc1ccc(C)c(C(O)=C2C(=O)C(=O)N(Cc3cccnc3)[C@@H]2c2ccncc2)c1. The summed E-state index contributed by atoms with van der Waals surface area (Å²) in [6, 6.07) is 12.1. The smallest absolute Gasteiger partial charge is 0.295 e. The van der Waals surface area contributed by atoms with Crippen LogP contribution in [0.1, 0.15) is 33.9 Å². The number of carbonyl (C=O) groups is 2. The number of rotatable bonds is 4. The van der Waals surface area contributed by atoms with E-state index in [1.54, 1.807) is 43.0 Å². The maximum absolute atomic E-state index is 13.1. The zero-order valence-electron chi connectivity index (χ0n) is 16.7. The Bertz CT molecular complexity index is 1140. The van der Waals surface area contributed by atoms with Gasteiger partial charge in [0.05, 0.1) is 11.6 Å². The molecule has 1 aliphatic rings. The van der Waals surface area contributed by atoms with Gasteiger partial charge in [0.2, 0.25) is 0 Å². The van der Waals surface area contributed by atoms with Crippen molar-refractivity contribution in [1.29, 1.82) is 0 Å². The van der Waals surface area contributed by atoms with E-state index in [1.807, 2.05) is 38.1 Å². The number of aromatic nitrogens is 2. The van der Waals surface area contributed by atoms with Gasteiger partial charge >= 0.3 is 0 Å². The Kier molecular flexibility index (Phi) is 5.14. The van der Waals surface area contributed by atoms with E-state index in [4.69, 9.17) is 0 Å². The van der Waals surface area contributed by atoms with E-state index in [-0.39, 0.29) is 17.9 Å². The average molecular weight is 399 g/mol. The van der Waals surface area contributed by atoms with Crippen molar-refractivity contribution in [2.75, 3.05) is 0 Å². The van der Waals surface area contributed by atoms with E-state index in [0.29, 0.717) is 11.1 Å². The van der Waals surface area contributed by atoms with E-state index in [0.717, 1.165) is 16.7 Å². The Labute approximate surface area is 174 Å². The molecular formula is C24H21N3O3. The molecule has 1 aliphatic heterocycles. The number of aliphatic hydroxyl groups is 1. The minimum Gasteiger partial charge on any atom is -0.507 e. The van der Waals surface area contributed by atoms with Gasteiger partial charge in [0, 0.05) is 36.9 Å². The highest BCUT2D eigenvalue weighted by Gasteiger charge is 2.46. The summed E-state index contributed by atoms with van der Waals surface area (Å²) >= 11 is 0. The molecule has 0 spiro atoms. The molecule has 3 aromatic rings. The van der Waals surface area contributed by atoms with Crippen molar-refractivity contribution in [2.24, 2.45) is 0 Å². The summed E-state index contributed by atoms with van der Waals surface area (Å²) in [6.07, 6.45) is 6.53. The van der Waals surface area contributed by atoms with Crippen molar-refractivity contribution in [1.82, 2.24) is 14.9 Å². The fourth-order valence-corrected chi connectivity index (χ4v) is 3.76. The third kappa shape index (κ3) is 3.48.